The molecule has 5 heteroatoms. The van der Waals surface area contributed by atoms with Gasteiger partial charge in [-0.3, -0.25) is 4.79 Å². The number of aryl methyl sites for hydroxylation is 1. The highest BCUT2D eigenvalue weighted by molar-refractivity contribution is 5.84. The minimum absolute atomic E-state index is 0.0737. The molecule has 0 aromatic heterocycles. The lowest BCUT2D eigenvalue weighted by Gasteiger charge is -2.49. The van der Waals surface area contributed by atoms with E-state index in [1.165, 1.54) is 16.8 Å². The summed E-state index contributed by atoms with van der Waals surface area (Å²) in [5, 5.41) is 3.33. The molecule has 168 valence electrons. The maximum atomic E-state index is 12.6. The fraction of sp³-hybridized carbons (Fsp3) is 0.370. The molecule has 0 unspecified atom stereocenters. The van der Waals surface area contributed by atoms with Crippen molar-refractivity contribution in [3.05, 3.63) is 71.3 Å². The van der Waals surface area contributed by atoms with Gasteiger partial charge in [-0.25, -0.2) is 0 Å². The number of ether oxygens (including phenoxy) is 2. The molecular weight excluding hydrogens is 400 g/mol. The summed E-state index contributed by atoms with van der Waals surface area (Å²) in [6.07, 6.45) is 4.67. The van der Waals surface area contributed by atoms with Gasteiger partial charge in [-0.1, -0.05) is 50.3 Å². The molecule has 2 aromatic carbocycles. The Labute approximate surface area is 190 Å². The van der Waals surface area contributed by atoms with Gasteiger partial charge in [0.1, 0.15) is 12.3 Å². The predicted molar refractivity (Wildman–Crippen MR) is 129 cm³/mol. The third-order valence-electron chi connectivity index (χ3n) is 6.57. The van der Waals surface area contributed by atoms with Crippen LogP contribution in [0.2, 0.25) is 0 Å². The van der Waals surface area contributed by atoms with Gasteiger partial charge >= 0.3 is 0 Å². The molecule has 2 aliphatic rings. The Morgan fingerprint density at radius 2 is 2.00 bits per heavy atom. The van der Waals surface area contributed by atoms with E-state index in [2.05, 4.69) is 67.9 Å². The van der Waals surface area contributed by atoms with Crippen LogP contribution in [0, 0.1) is 6.92 Å². The van der Waals surface area contributed by atoms with Crippen LogP contribution in [0.15, 0.2) is 54.6 Å². The normalized spacial score (nSPS) is 21.2. The van der Waals surface area contributed by atoms with Crippen LogP contribution in [-0.2, 0) is 10.2 Å². The molecule has 1 saturated heterocycles. The van der Waals surface area contributed by atoms with E-state index in [1.54, 1.807) is 7.11 Å². The minimum Gasteiger partial charge on any atom is -0.493 e. The molecule has 1 fully saturated rings. The average molecular weight is 433 g/mol. The van der Waals surface area contributed by atoms with Crippen molar-refractivity contribution >= 4 is 17.7 Å². The van der Waals surface area contributed by atoms with Crippen molar-refractivity contribution in [3.63, 3.8) is 0 Å². The summed E-state index contributed by atoms with van der Waals surface area (Å²) < 4.78 is 11.3. The molecule has 2 aromatic rings. The van der Waals surface area contributed by atoms with Gasteiger partial charge in [-0.2, -0.15) is 0 Å². The Hall–Kier alpha value is -3.21. The summed E-state index contributed by atoms with van der Waals surface area (Å²) in [5.41, 5.74) is 4.63. The van der Waals surface area contributed by atoms with Gasteiger partial charge < -0.3 is 19.7 Å². The van der Waals surface area contributed by atoms with Crippen LogP contribution in [0.3, 0.4) is 0 Å². The minimum atomic E-state index is -0.638. The molecule has 1 atom stereocenters. The SMILES string of the molecule is C=C(C)COc1ccc(/C=C/[C@@]23NC(=O)CCN2c2ccc(C)cc2C3(C)C)cc1OC. The summed E-state index contributed by atoms with van der Waals surface area (Å²) in [4.78, 5) is 14.9. The zero-order valence-electron chi connectivity index (χ0n) is 19.6. The molecule has 0 radical (unpaired) electrons. The molecule has 2 aliphatic heterocycles. The Morgan fingerprint density at radius 3 is 2.72 bits per heavy atom. The number of carbonyl (C=O) groups excluding carboxylic acids is 1. The molecule has 0 bridgehead atoms. The summed E-state index contributed by atoms with van der Waals surface area (Å²) in [6.45, 7) is 13.5. The van der Waals surface area contributed by atoms with Crippen molar-refractivity contribution in [1.29, 1.82) is 0 Å². The lowest BCUT2D eigenvalue weighted by Crippen LogP contribution is -2.68. The zero-order valence-corrected chi connectivity index (χ0v) is 19.6. The van der Waals surface area contributed by atoms with Crippen molar-refractivity contribution in [2.45, 2.75) is 45.2 Å². The smallest absolute Gasteiger partial charge is 0.223 e. The summed E-state index contributed by atoms with van der Waals surface area (Å²) in [6, 6.07) is 12.4. The van der Waals surface area contributed by atoms with Gasteiger partial charge in [0.05, 0.1) is 7.11 Å². The van der Waals surface area contributed by atoms with Crippen molar-refractivity contribution in [2.24, 2.45) is 0 Å². The van der Waals surface area contributed by atoms with Crippen LogP contribution in [0.4, 0.5) is 5.69 Å². The predicted octanol–water partition coefficient (Wildman–Crippen LogP) is 4.99. The van der Waals surface area contributed by atoms with E-state index in [1.807, 2.05) is 25.1 Å². The number of amides is 1. The number of hydrogen-bond donors (Lipinski definition) is 1. The Kier molecular flexibility index (Phi) is 5.53. The maximum Gasteiger partial charge on any atom is 0.223 e. The van der Waals surface area contributed by atoms with E-state index in [-0.39, 0.29) is 11.3 Å². The zero-order chi connectivity index (χ0) is 23.1. The molecule has 5 nitrogen and oxygen atoms in total. The van der Waals surface area contributed by atoms with Crippen molar-refractivity contribution in [1.82, 2.24) is 5.32 Å². The van der Waals surface area contributed by atoms with Crippen LogP contribution in [-0.4, -0.2) is 31.8 Å². The quantitative estimate of drug-likeness (QED) is 0.654. The van der Waals surface area contributed by atoms with Crippen molar-refractivity contribution in [2.75, 3.05) is 25.2 Å². The molecule has 1 N–H and O–H groups in total. The van der Waals surface area contributed by atoms with Gasteiger partial charge in [0.2, 0.25) is 5.91 Å². The molecule has 0 spiro atoms. The number of hydrogen-bond acceptors (Lipinski definition) is 4. The van der Waals surface area contributed by atoms with Gasteiger partial charge in [-0.15, -0.1) is 0 Å². The number of fused-ring (bicyclic) bond motifs is 3. The number of methoxy groups -OCH3 is 1. The fourth-order valence-corrected chi connectivity index (χ4v) is 4.79. The van der Waals surface area contributed by atoms with Crippen LogP contribution in [0.25, 0.3) is 6.08 Å². The van der Waals surface area contributed by atoms with Crippen LogP contribution < -0.4 is 19.7 Å². The van der Waals surface area contributed by atoms with Gasteiger partial charge in [0.25, 0.3) is 0 Å². The second kappa shape index (κ2) is 8.05. The summed E-state index contributed by atoms with van der Waals surface area (Å²) in [7, 11) is 1.64. The largest absolute Gasteiger partial charge is 0.493 e. The third kappa shape index (κ3) is 3.56. The lowest BCUT2D eigenvalue weighted by molar-refractivity contribution is -0.124. The molecule has 32 heavy (non-hydrogen) atoms. The molecule has 1 amide bonds. The summed E-state index contributed by atoms with van der Waals surface area (Å²) >= 11 is 0. The third-order valence-corrected chi connectivity index (χ3v) is 6.57. The van der Waals surface area contributed by atoms with E-state index >= 15 is 0 Å². The molecule has 0 aliphatic carbocycles. The van der Waals surface area contributed by atoms with Gasteiger partial charge in [-0.05, 0) is 54.8 Å². The first-order valence-electron chi connectivity index (χ1n) is 11.0. The highest BCUT2D eigenvalue weighted by atomic mass is 16.5. The lowest BCUT2D eigenvalue weighted by atomic mass is 9.74. The Balaban J connectivity index is 1.73. The van der Waals surface area contributed by atoms with E-state index in [4.69, 9.17) is 9.47 Å². The number of rotatable bonds is 6. The first-order valence-corrected chi connectivity index (χ1v) is 11.0. The van der Waals surface area contributed by atoms with E-state index in [9.17, 15) is 4.79 Å². The number of nitrogens with one attached hydrogen (secondary N) is 1. The first kappa shape index (κ1) is 22.0. The molecule has 4 rings (SSSR count). The van der Waals surface area contributed by atoms with Crippen molar-refractivity contribution in [3.8, 4) is 11.5 Å². The second-order valence-corrected chi connectivity index (χ2v) is 9.35. The first-order chi connectivity index (χ1) is 15.2. The summed E-state index contributed by atoms with van der Waals surface area (Å²) in [5.74, 6) is 1.42. The van der Waals surface area contributed by atoms with Gasteiger partial charge in [0, 0.05) is 24.1 Å². The molecular formula is C27H32N2O3. The number of anilines is 1. The Bertz CT molecular complexity index is 1100. The number of benzene rings is 2. The van der Waals surface area contributed by atoms with Crippen LogP contribution >= 0.6 is 0 Å². The molecule has 0 saturated carbocycles. The van der Waals surface area contributed by atoms with E-state index < -0.39 is 5.66 Å². The number of carbonyl (C=O) groups is 1. The number of nitrogens with zero attached hydrogens (tertiary/aromatic N) is 1. The second-order valence-electron chi connectivity index (χ2n) is 9.35. The van der Waals surface area contributed by atoms with Crippen LogP contribution in [0.5, 0.6) is 11.5 Å². The molecule has 2 heterocycles. The van der Waals surface area contributed by atoms with Crippen molar-refractivity contribution < 1.29 is 14.3 Å². The highest BCUT2D eigenvalue weighted by Crippen LogP contribution is 2.52. The van der Waals surface area contributed by atoms with Crippen LogP contribution in [0.1, 0.15) is 43.9 Å². The maximum absolute atomic E-state index is 12.6. The Morgan fingerprint density at radius 1 is 1.22 bits per heavy atom. The monoisotopic (exact) mass is 432 g/mol. The van der Waals surface area contributed by atoms with Gasteiger partial charge in [0.15, 0.2) is 11.5 Å². The van der Waals surface area contributed by atoms with E-state index in [0.717, 1.165) is 11.1 Å². The standard InChI is InChI=1S/C27H32N2O3/c1-18(2)17-32-23-10-8-20(16-24(23)31-6)11-13-27-26(4,5)21-15-19(3)7-9-22(21)29(27)14-12-25(30)28-27/h7-11,13,15-16H,1,12,14,17H2,2-6H3,(H,28,30)/b13-11+/t27-/m1/s1. The van der Waals surface area contributed by atoms with E-state index in [0.29, 0.717) is 31.1 Å². The topological polar surface area (TPSA) is 50.8 Å². The average Bonchev–Trinajstić information content (AvgIpc) is 2.94. The highest BCUT2D eigenvalue weighted by Gasteiger charge is 2.57. The fourth-order valence-electron chi connectivity index (χ4n) is 4.79.